The molecule has 0 saturated carbocycles. The fraction of sp³-hybridized carbons (Fsp3) is 0.286. The number of nitrogens with zero attached hydrogens (tertiary/aromatic N) is 5. The van der Waals surface area contributed by atoms with Crippen LogP contribution in [0.15, 0.2) is 73.2 Å². The third-order valence-corrected chi connectivity index (χ3v) is 8.33. The van der Waals surface area contributed by atoms with E-state index in [4.69, 9.17) is 14.7 Å². The van der Waals surface area contributed by atoms with Gasteiger partial charge in [-0.05, 0) is 92.3 Å². The lowest BCUT2D eigenvalue weighted by Gasteiger charge is -2.34. The number of benzene rings is 2. The molecule has 0 radical (unpaired) electrons. The molecule has 10 nitrogen and oxygen atoms in total. The number of carbonyl (C=O) groups is 2. The summed E-state index contributed by atoms with van der Waals surface area (Å²) in [7, 11) is 1.92. The number of nitrogens with one attached hydrogen (secondary N) is 2. The van der Waals surface area contributed by atoms with Crippen molar-refractivity contribution in [1.29, 1.82) is 0 Å². The van der Waals surface area contributed by atoms with Crippen LogP contribution in [0, 0.1) is 19.8 Å². The Hall–Kier alpha value is -5.25. The average Bonchev–Trinajstić information content (AvgIpc) is 3.42. The first-order valence-electron chi connectivity index (χ1n) is 15.2. The van der Waals surface area contributed by atoms with Gasteiger partial charge in [-0.2, -0.15) is 4.98 Å². The topological polar surface area (TPSA) is 114 Å². The number of piperidine rings is 1. The molecule has 3 aromatic heterocycles. The second kappa shape index (κ2) is 12.8. The SMILES string of the molecule is CC(=O)NCC1CCN(c2ccc(NC(=O)c3ccc(C)c(Oc4nc(-c5ccncc5)nc5ccn(C)c45)c3)cc2C)CC1. The summed E-state index contributed by atoms with van der Waals surface area (Å²) in [5, 5.41) is 5.99. The lowest BCUT2D eigenvalue weighted by Crippen LogP contribution is -2.38. The largest absolute Gasteiger partial charge is 0.437 e. The summed E-state index contributed by atoms with van der Waals surface area (Å²) < 4.78 is 8.33. The molecule has 230 valence electrons. The van der Waals surface area contributed by atoms with Crippen LogP contribution < -0.4 is 20.3 Å². The van der Waals surface area contributed by atoms with Crippen LogP contribution in [0.3, 0.4) is 0 Å². The number of aromatic nitrogens is 4. The summed E-state index contributed by atoms with van der Waals surface area (Å²) in [6, 6.07) is 17.1. The molecule has 4 heterocycles. The summed E-state index contributed by atoms with van der Waals surface area (Å²) in [5.41, 5.74) is 6.69. The molecule has 5 aromatic rings. The first kappa shape index (κ1) is 29.8. The van der Waals surface area contributed by atoms with E-state index in [1.54, 1.807) is 31.5 Å². The molecule has 10 heteroatoms. The highest BCUT2D eigenvalue weighted by Crippen LogP contribution is 2.33. The third-order valence-electron chi connectivity index (χ3n) is 8.33. The van der Waals surface area contributed by atoms with Gasteiger partial charge in [0.1, 0.15) is 11.3 Å². The van der Waals surface area contributed by atoms with Crippen molar-refractivity contribution >= 4 is 34.2 Å². The van der Waals surface area contributed by atoms with Crippen LogP contribution in [-0.2, 0) is 11.8 Å². The van der Waals surface area contributed by atoms with Gasteiger partial charge in [0.15, 0.2) is 5.82 Å². The molecule has 0 unspecified atom stereocenters. The van der Waals surface area contributed by atoms with Crippen molar-refractivity contribution < 1.29 is 14.3 Å². The quantitative estimate of drug-likeness (QED) is 0.222. The minimum absolute atomic E-state index is 0.0233. The molecule has 1 aliphatic heterocycles. The van der Waals surface area contributed by atoms with Crippen LogP contribution in [-0.4, -0.2) is 51.0 Å². The number of hydrogen-bond donors (Lipinski definition) is 2. The summed E-state index contributed by atoms with van der Waals surface area (Å²) in [5.74, 6) is 1.78. The van der Waals surface area contributed by atoms with Gasteiger partial charge in [0.25, 0.3) is 5.91 Å². The molecule has 1 fully saturated rings. The van der Waals surface area contributed by atoms with Crippen molar-refractivity contribution in [1.82, 2.24) is 24.8 Å². The van der Waals surface area contributed by atoms with Gasteiger partial charge in [0.2, 0.25) is 11.8 Å². The van der Waals surface area contributed by atoms with Crippen LogP contribution in [0.2, 0.25) is 0 Å². The minimum Gasteiger partial charge on any atom is -0.437 e. The molecule has 1 aliphatic rings. The lowest BCUT2D eigenvalue weighted by molar-refractivity contribution is -0.119. The fourth-order valence-corrected chi connectivity index (χ4v) is 5.77. The third kappa shape index (κ3) is 6.64. The van der Waals surface area contributed by atoms with E-state index in [0.717, 1.165) is 65.9 Å². The minimum atomic E-state index is -0.227. The molecule has 0 spiro atoms. The Labute approximate surface area is 262 Å². The summed E-state index contributed by atoms with van der Waals surface area (Å²) in [6.07, 6.45) is 7.39. The maximum absolute atomic E-state index is 13.4. The van der Waals surface area contributed by atoms with Crippen LogP contribution in [0.25, 0.3) is 22.4 Å². The van der Waals surface area contributed by atoms with Gasteiger partial charge in [-0.1, -0.05) is 6.07 Å². The van der Waals surface area contributed by atoms with Crippen LogP contribution in [0.1, 0.15) is 41.3 Å². The Kier molecular flexibility index (Phi) is 8.46. The van der Waals surface area contributed by atoms with E-state index in [1.165, 1.54) is 5.69 Å². The maximum atomic E-state index is 13.4. The van der Waals surface area contributed by atoms with Gasteiger partial charge < -0.3 is 24.8 Å². The Morgan fingerprint density at radius 3 is 2.47 bits per heavy atom. The second-order valence-corrected chi connectivity index (χ2v) is 11.7. The summed E-state index contributed by atoms with van der Waals surface area (Å²) in [4.78, 5) is 40.6. The number of pyridine rings is 1. The summed E-state index contributed by atoms with van der Waals surface area (Å²) in [6.45, 7) is 8.18. The van der Waals surface area contributed by atoms with Gasteiger partial charge in [-0.3, -0.25) is 14.6 Å². The van der Waals surface area contributed by atoms with Crippen molar-refractivity contribution in [2.45, 2.75) is 33.6 Å². The van der Waals surface area contributed by atoms with Crippen molar-refractivity contribution in [3.8, 4) is 23.0 Å². The Morgan fingerprint density at radius 1 is 0.956 bits per heavy atom. The van der Waals surface area contributed by atoms with Crippen LogP contribution in [0.5, 0.6) is 11.6 Å². The van der Waals surface area contributed by atoms with E-state index in [-0.39, 0.29) is 11.8 Å². The number of anilines is 2. The van der Waals surface area contributed by atoms with E-state index < -0.39 is 0 Å². The van der Waals surface area contributed by atoms with Gasteiger partial charge in [0.05, 0.1) is 5.52 Å². The molecule has 0 bridgehead atoms. The van der Waals surface area contributed by atoms with E-state index in [9.17, 15) is 9.59 Å². The van der Waals surface area contributed by atoms with Crippen LogP contribution in [0.4, 0.5) is 11.4 Å². The standard InChI is InChI=1S/C35H37N7O3/c1-22-5-6-27(20-31(22)45-35-32-29(13-16-41(32)4)39-33(40-35)26-9-14-36-15-10-26)34(44)38-28-7-8-30(23(2)19-28)42-17-11-25(12-18-42)21-37-24(3)43/h5-10,13-16,19-20,25H,11-12,17-18,21H2,1-4H3,(H,37,43)(H,38,44). The van der Waals surface area contributed by atoms with E-state index in [0.29, 0.717) is 28.9 Å². The fourth-order valence-electron chi connectivity index (χ4n) is 5.77. The smallest absolute Gasteiger partial charge is 0.255 e. The number of carbonyl (C=O) groups excluding carboxylic acids is 2. The summed E-state index contributed by atoms with van der Waals surface area (Å²) >= 11 is 0. The molecule has 2 N–H and O–H groups in total. The van der Waals surface area contributed by atoms with Gasteiger partial charge in [-0.15, -0.1) is 0 Å². The Bertz CT molecular complexity index is 1860. The highest BCUT2D eigenvalue weighted by Gasteiger charge is 2.21. The maximum Gasteiger partial charge on any atom is 0.255 e. The van der Waals surface area contributed by atoms with Crippen molar-refractivity contribution in [2.24, 2.45) is 13.0 Å². The molecular weight excluding hydrogens is 566 g/mol. The molecule has 2 amide bonds. The molecule has 6 rings (SSSR count). The number of fused-ring (bicyclic) bond motifs is 1. The van der Waals surface area contributed by atoms with Crippen LogP contribution >= 0.6 is 0 Å². The molecule has 2 aromatic carbocycles. The van der Waals surface area contributed by atoms with Gasteiger partial charge in [-0.25, -0.2) is 4.98 Å². The van der Waals surface area contributed by atoms with Crippen molar-refractivity contribution in [2.75, 3.05) is 29.9 Å². The van der Waals surface area contributed by atoms with Gasteiger partial charge in [0, 0.05) is 74.7 Å². The lowest BCUT2D eigenvalue weighted by atomic mass is 9.96. The second-order valence-electron chi connectivity index (χ2n) is 11.7. The van der Waals surface area contributed by atoms with Crippen molar-refractivity contribution in [3.05, 3.63) is 89.9 Å². The monoisotopic (exact) mass is 603 g/mol. The van der Waals surface area contributed by atoms with Crippen molar-refractivity contribution in [3.63, 3.8) is 0 Å². The molecule has 45 heavy (non-hydrogen) atoms. The number of ether oxygens (including phenoxy) is 1. The Balaban J connectivity index is 1.17. The average molecular weight is 604 g/mol. The van der Waals surface area contributed by atoms with Gasteiger partial charge >= 0.3 is 0 Å². The zero-order valence-electron chi connectivity index (χ0n) is 26.0. The predicted molar refractivity (Wildman–Crippen MR) is 176 cm³/mol. The first-order chi connectivity index (χ1) is 21.7. The first-order valence-corrected chi connectivity index (χ1v) is 15.2. The van der Waals surface area contributed by atoms with E-state index in [2.05, 4.69) is 33.5 Å². The predicted octanol–water partition coefficient (Wildman–Crippen LogP) is 6.04. The number of rotatable bonds is 8. The number of aryl methyl sites for hydroxylation is 3. The molecule has 1 saturated heterocycles. The normalized spacial score (nSPS) is 13.6. The highest BCUT2D eigenvalue weighted by atomic mass is 16.5. The van der Waals surface area contributed by atoms with E-state index >= 15 is 0 Å². The molecule has 0 atom stereocenters. The Morgan fingerprint density at radius 2 is 1.73 bits per heavy atom. The number of amides is 2. The zero-order chi connectivity index (χ0) is 31.5. The molecule has 0 aliphatic carbocycles. The zero-order valence-corrected chi connectivity index (χ0v) is 26.0. The number of hydrogen-bond acceptors (Lipinski definition) is 7. The highest BCUT2D eigenvalue weighted by molar-refractivity contribution is 6.04. The van der Waals surface area contributed by atoms with E-state index in [1.807, 2.05) is 61.1 Å². The molecular formula is C35H37N7O3.